The standard InChI is InChI=1S/C41H34N2/c42-26-27-15-17-34(18-16-27)43(33-11-5-2-6-12-33)35-24-37(30-9-3-1-4-10-30)40-36-13-7-8-14-38(36)41(39(40)25-35)31-20-28-19-29(22-31)23-32(41)21-28/h1-18,24-25,28-29,31-32H,19-23H2/i1D,3D,4D,7D,8D,9D,10D,14D. The highest BCUT2D eigenvalue weighted by Crippen LogP contribution is 2.70. The fourth-order valence-electron chi connectivity index (χ4n) is 9.44. The Morgan fingerprint density at radius 2 is 1.33 bits per heavy atom. The number of rotatable bonds is 4. The van der Waals surface area contributed by atoms with Gasteiger partial charge in [0.15, 0.2) is 0 Å². The van der Waals surface area contributed by atoms with Crippen LogP contribution in [0.2, 0.25) is 0 Å². The zero-order valence-electron chi connectivity index (χ0n) is 31.7. The Morgan fingerprint density at radius 1 is 0.651 bits per heavy atom. The maximum atomic E-state index is 9.59. The highest BCUT2D eigenvalue weighted by molar-refractivity contribution is 5.96. The van der Waals surface area contributed by atoms with E-state index in [2.05, 4.69) is 17.0 Å². The first-order valence-electron chi connectivity index (χ1n) is 19.3. The number of nitrogens with zero attached hydrogens (tertiary/aromatic N) is 2. The van der Waals surface area contributed by atoms with Gasteiger partial charge in [-0.05, 0) is 138 Å². The van der Waals surface area contributed by atoms with E-state index in [1.165, 1.54) is 6.42 Å². The van der Waals surface area contributed by atoms with Gasteiger partial charge in [-0.25, -0.2) is 0 Å². The molecule has 4 saturated carbocycles. The molecule has 0 heterocycles. The number of benzene rings is 5. The minimum absolute atomic E-state index is 0.0572. The maximum absolute atomic E-state index is 9.59. The van der Waals surface area contributed by atoms with Crippen molar-refractivity contribution in [3.8, 4) is 28.3 Å². The van der Waals surface area contributed by atoms with Gasteiger partial charge in [-0.15, -0.1) is 0 Å². The minimum Gasteiger partial charge on any atom is -0.310 e. The predicted octanol–water partition coefficient (Wildman–Crippen LogP) is 10.4. The Balaban J connectivity index is 1.44. The van der Waals surface area contributed by atoms with Gasteiger partial charge in [0.05, 0.1) is 22.6 Å². The Morgan fingerprint density at radius 3 is 2.02 bits per heavy atom. The third-order valence-electron chi connectivity index (χ3n) is 10.7. The molecule has 0 N–H and O–H groups in total. The number of hydrogen-bond acceptors (Lipinski definition) is 2. The van der Waals surface area contributed by atoms with Crippen LogP contribution in [0.5, 0.6) is 0 Å². The predicted molar refractivity (Wildman–Crippen MR) is 175 cm³/mol. The summed E-state index contributed by atoms with van der Waals surface area (Å²) in [6, 6.07) is 23.0. The molecule has 5 aromatic rings. The molecule has 43 heavy (non-hydrogen) atoms. The van der Waals surface area contributed by atoms with Gasteiger partial charge in [0.1, 0.15) is 0 Å². The van der Waals surface area contributed by atoms with E-state index in [9.17, 15) is 6.63 Å². The highest BCUT2D eigenvalue weighted by Gasteiger charge is 2.61. The first kappa shape index (κ1) is 18.1. The van der Waals surface area contributed by atoms with E-state index in [0.29, 0.717) is 34.1 Å². The summed E-state index contributed by atoms with van der Waals surface area (Å²) in [6.45, 7) is 0. The molecule has 0 atom stereocenters. The van der Waals surface area contributed by atoms with Crippen LogP contribution >= 0.6 is 0 Å². The van der Waals surface area contributed by atoms with Crippen molar-refractivity contribution in [2.75, 3.05) is 4.90 Å². The summed E-state index contributed by atoms with van der Waals surface area (Å²) in [4.78, 5) is 2.07. The van der Waals surface area contributed by atoms with Gasteiger partial charge in [-0.3, -0.25) is 0 Å². The molecule has 208 valence electrons. The van der Waals surface area contributed by atoms with E-state index in [1.807, 2.05) is 48.5 Å². The number of nitriles is 1. The molecular formula is C41H34N2. The summed E-state index contributed by atoms with van der Waals surface area (Å²) in [6.07, 6.45) is 5.25. The zero-order chi connectivity index (χ0) is 35.5. The van der Waals surface area contributed by atoms with E-state index in [0.717, 1.165) is 53.9 Å². The van der Waals surface area contributed by atoms with Crippen molar-refractivity contribution in [3.05, 3.63) is 138 Å². The lowest BCUT2D eigenvalue weighted by Gasteiger charge is -2.61. The summed E-state index contributed by atoms with van der Waals surface area (Å²) in [5.74, 6) is 1.62. The molecule has 2 nitrogen and oxygen atoms in total. The minimum atomic E-state index is -0.621. The van der Waals surface area contributed by atoms with Crippen LogP contribution in [0.15, 0.2) is 121 Å². The smallest absolute Gasteiger partial charge is 0.0991 e. The van der Waals surface area contributed by atoms with Gasteiger partial charge in [0.25, 0.3) is 0 Å². The molecule has 0 saturated heterocycles. The van der Waals surface area contributed by atoms with Crippen molar-refractivity contribution >= 4 is 17.1 Å². The van der Waals surface area contributed by atoms with Gasteiger partial charge in [0.2, 0.25) is 0 Å². The third-order valence-corrected chi connectivity index (χ3v) is 10.7. The molecule has 0 aliphatic heterocycles. The molecule has 4 fully saturated rings. The lowest BCUT2D eigenvalue weighted by Crippen LogP contribution is -2.55. The van der Waals surface area contributed by atoms with Crippen LogP contribution < -0.4 is 4.90 Å². The van der Waals surface area contributed by atoms with Crippen molar-refractivity contribution in [1.82, 2.24) is 0 Å². The number of fused-ring (bicyclic) bond motifs is 3. The Kier molecular flexibility index (Phi) is 3.99. The molecule has 1 spiro atoms. The third kappa shape index (κ3) is 3.58. The lowest BCUT2D eigenvalue weighted by atomic mass is 9.43. The monoisotopic (exact) mass is 562 g/mol. The van der Waals surface area contributed by atoms with Gasteiger partial charge >= 0.3 is 0 Å². The lowest BCUT2D eigenvalue weighted by molar-refractivity contribution is -0.0399. The van der Waals surface area contributed by atoms with Gasteiger partial charge in [-0.1, -0.05) is 72.6 Å². The SMILES string of the molecule is [2H]c1cc2c(c([2H])c1[2H])C1(c3cc(N(c4ccccc4)c4ccc(C#N)cc4)cc(-c4c([2H])c([2H])c([2H])c([2H])c4[2H])c3-2)C2CC3CC(C2)CC1C3. The summed E-state index contributed by atoms with van der Waals surface area (Å²) in [5, 5.41) is 9.59. The van der Waals surface area contributed by atoms with Crippen molar-refractivity contribution in [2.24, 2.45) is 23.7 Å². The second-order valence-electron chi connectivity index (χ2n) is 12.7. The molecule has 5 aromatic carbocycles. The van der Waals surface area contributed by atoms with E-state index < -0.39 is 23.5 Å². The largest absolute Gasteiger partial charge is 0.310 e. The van der Waals surface area contributed by atoms with Gasteiger partial charge < -0.3 is 4.90 Å². The average molecular weight is 563 g/mol. The molecule has 5 aliphatic rings. The molecule has 5 aliphatic carbocycles. The molecular weight excluding hydrogens is 520 g/mol. The molecule has 0 unspecified atom stereocenters. The second-order valence-corrected chi connectivity index (χ2v) is 12.7. The normalized spacial score (nSPS) is 28.3. The van der Waals surface area contributed by atoms with Crippen LogP contribution in [0, 0.1) is 35.0 Å². The van der Waals surface area contributed by atoms with Gasteiger partial charge in [-0.2, -0.15) is 5.26 Å². The van der Waals surface area contributed by atoms with E-state index in [4.69, 9.17) is 9.60 Å². The van der Waals surface area contributed by atoms with Crippen LogP contribution in [-0.4, -0.2) is 0 Å². The Hall–Kier alpha value is -4.61. The van der Waals surface area contributed by atoms with Crippen molar-refractivity contribution < 1.29 is 11.0 Å². The zero-order valence-corrected chi connectivity index (χ0v) is 23.7. The van der Waals surface area contributed by atoms with Crippen molar-refractivity contribution in [2.45, 2.75) is 37.5 Å². The summed E-state index contributed by atoms with van der Waals surface area (Å²) >= 11 is 0. The van der Waals surface area contributed by atoms with Crippen LogP contribution in [0.4, 0.5) is 17.1 Å². The fourth-order valence-corrected chi connectivity index (χ4v) is 9.44. The van der Waals surface area contributed by atoms with E-state index in [1.54, 1.807) is 18.2 Å². The molecule has 10 rings (SSSR count). The topological polar surface area (TPSA) is 27.0 Å². The maximum Gasteiger partial charge on any atom is 0.0991 e. The van der Waals surface area contributed by atoms with Crippen molar-refractivity contribution in [3.63, 3.8) is 0 Å². The van der Waals surface area contributed by atoms with Crippen molar-refractivity contribution in [1.29, 1.82) is 5.26 Å². The van der Waals surface area contributed by atoms with Crippen LogP contribution in [0.3, 0.4) is 0 Å². The fraction of sp³-hybridized carbons (Fsp3) is 0.244. The Labute approximate surface area is 265 Å². The second kappa shape index (κ2) is 9.45. The first-order valence-corrected chi connectivity index (χ1v) is 15.3. The van der Waals surface area contributed by atoms with Crippen LogP contribution in [0.1, 0.15) is 59.8 Å². The summed E-state index contributed by atoms with van der Waals surface area (Å²) in [5.41, 5.74) is 5.86. The molecule has 0 radical (unpaired) electrons. The van der Waals surface area contributed by atoms with E-state index >= 15 is 0 Å². The quantitative estimate of drug-likeness (QED) is 0.218. The molecule has 0 amide bonds. The van der Waals surface area contributed by atoms with Gasteiger partial charge in [0, 0.05) is 22.5 Å². The number of hydrogen-bond donors (Lipinski definition) is 0. The Bertz CT molecular complexity index is 2270. The number of para-hydroxylation sites is 1. The van der Waals surface area contributed by atoms with Crippen LogP contribution in [-0.2, 0) is 5.41 Å². The number of anilines is 3. The first-order chi connectivity index (χ1) is 24.5. The molecule has 4 bridgehead atoms. The summed E-state index contributed by atoms with van der Waals surface area (Å²) < 4.78 is 71.2. The molecule has 0 aromatic heterocycles. The van der Waals surface area contributed by atoms with Crippen LogP contribution in [0.25, 0.3) is 22.3 Å². The van der Waals surface area contributed by atoms with E-state index in [-0.39, 0.29) is 47.6 Å². The average Bonchev–Trinajstić information content (AvgIpc) is 3.42. The summed E-state index contributed by atoms with van der Waals surface area (Å²) in [7, 11) is 0. The molecule has 2 heteroatoms. The highest BCUT2D eigenvalue weighted by atomic mass is 15.1.